The minimum Gasteiger partial charge on any atom is -0.465 e. The lowest BCUT2D eigenvalue weighted by Crippen LogP contribution is -2.37. The first-order valence-corrected chi connectivity index (χ1v) is 8.09. The second kappa shape index (κ2) is 10.2. The lowest BCUT2D eigenvalue weighted by molar-refractivity contribution is 0.0599. The molecular formula is C19H26IN3O3. The highest BCUT2D eigenvalue weighted by molar-refractivity contribution is 14.0. The molecule has 0 aliphatic rings. The molecule has 0 unspecified atom stereocenters. The van der Waals surface area contributed by atoms with Gasteiger partial charge in [0.05, 0.1) is 13.7 Å². The predicted octanol–water partition coefficient (Wildman–Crippen LogP) is 3.51. The maximum absolute atomic E-state index is 11.6. The number of hydrogen-bond donors (Lipinski definition) is 1. The van der Waals surface area contributed by atoms with Gasteiger partial charge in [0.25, 0.3) is 0 Å². The Morgan fingerprint density at radius 1 is 1.27 bits per heavy atom. The smallest absolute Gasteiger partial charge is 0.341 e. The molecule has 0 atom stereocenters. The highest BCUT2D eigenvalue weighted by Gasteiger charge is 2.16. The van der Waals surface area contributed by atoms with Crippen LogP contribution in [0.3, 0.4) is 0 Å². The molecule has 2 aromatic rings. The van der Waals surface area contributed by atoms with E-state index in [1.807, 2.05) is 11.9 Å². The van der Waals surface area contributed by atoms with Crippen LogP contribution in [0.1, 0.15) is 33.0 Å². The molecule has 1 aromatic carbocycles. The molecule has 0 aliphatic heterocycles. The normalized spacial score (nSPS) is 10.9. The number of carbonyl (C=O) groups excluding carboxylic acids is 1. The zero-order chi connectivity index (χ0) is 18.4. The van der Waals surface area contributed by atoms with Crippen LogP contribution in [0.4, 0.5) is 0 Å². The molecular weight excluding hydrogens is 445 g/mol. The molecule has 0 saturated carbocycles. The van der Waals surface area contributed by atoms with Gasteiger partial charge >= 0.3 is 5.97 Å². The molecule has 1 N–H and O–H groups in total. The number of aryl methyl sites for hydroxylation is 2. The number of hydrogen-bond acceptors (Lipinski definition) is 4. The van der Waals surface area contributed by atoms with E-state index < -0.39 is 5.97 Å². The van der Waals surface area contributed by atoms with E-state index in [1.54, 1.807) is 20.0 Å². The number of furan rings is 1. The Morgan fingerprint density at radius 2 is 1.92 bits per heavy atom. The molecule has 6 nitrogen and oxygen atoms in total. The molecule has 0 aliphatic carbocycles. The molecule has 0 fully saturated rings. The van der Waals surface area contributed by atoms with Gasteiger partial charge in [-0.1, -0.05) is 29.8 Å². The summed E-state index contributed by atoms with van der Waals surface area (Å²) in [6, 6.07) is 10.1. The molecule has 0 amide bonds. The van der Waals surface area contributed by atoms with Gasteiger partial charge in [-0.15, -0.1) is 24.0 Å². The van der Waals surface area contributed by atoms with Crippen molar-refractivity contribution in [2.45, 2.75) is 26.9 Å². The fourth-order valence-corrected chi connectivity index (χ4v) is 2.54. The molecule has 1 aromatic heterocycles. The van der Waals surface area contributed by atoms with Gasteiger partial charge < -0.3 is 19.4 Å². The van der Waals surface area contributed by atoms with Crippen molar-refractivity contribution in [1.82, 2.24) is 10.2 Å². The van der Waals surface area contributed by atoms with Gasteiger partial charge in [0.15, 0.2) is 5.96 Å². The van der Waals surface area contributed by atoms with Crippen molar-refractivity contribution in [3.63, 3.8) is 0 Å². The zero-order valence-corrected chi connectivity index (χ0v) is 18.2. The predicted molar refractivity (Wildman–Crippen MR) is 113 cm³/mol. The fourth-order valence-electron chi connectivity index (χ4n) is 2.54. The standard InChI is InChI=1S/C19H25N3O3.HI/c1-13-6-8-15(9-7-13)12-22(4)19(20-3)21-11-16-10-17(14(2)25-16)18(23)24-5;/h6-10H,11-12H2,1-5H3,(H,20,21);1H. The van der Waals surface area contributed by atoms with Crippen LogP contribution in [-0.2, 0) is 17.8 Å². The second-order valence-corrected chi connectivity index (χ2v) is 5.92. The number of methoxy groups -OCH3 is 1. The minimum absolute atomic E-state index is 0. The Hall–Kier alpha value is -2.03. The SMILES string of the molecule is CN=C(NCc1cc(C(=O)OC)c(C)o1)N(C)Cc1ccc(C)cc1.I. The van der Waals surface area contributed by atoms with Crippen LogP contribution in [0.5, 0.6) is 0 Å². The number of nitrogens with zero attached hydrogens (tertiary/aromatic N) is 2. The average molecular weight is 471 g/mol. The topological polar surface area (TPSA) is 67.1 Å². The van der Waals surface area contributed by atoms with Crippen molar-refractivity contribution in [3.05, 3.63) is 58.5 Å². The summed E-state index contributed by atoms with van der Waals surface area (Å²) in [4.78, 5) is 18.0. The van der Waals surface area contributed by atoms with Crippen LogP contribution in [0.15, 0.2) is 39.7 Å². The summed E-state index contributed by atoms with van der Waals surface area (Å²) in [5, 5.41) is 3.24. The van der Waals surface area contributed by atoms with Crippen LogP contribution < -0.4 is 5.32 Å². The first-order chi connectivity index (χ1) is 11.9. The zero-order valence-electron chi connectivity index (χ0n) is 15.8. The number of halogens is 1. The Kier molecular flexibility index (Phi) is 8.64. The van der Waals surface area contributed by atoms with E-state index in [0.717, 1.165) is 12.5 Å². The molecule has 0 radical (unpaired) electrons. The first-order valence-electron chi connectivity index (χ1n) is 8.09. The molecule has 0 spiro atoms. The van der Waals surface area contributed by atoms with E-state index in [2.05, 4.69) is 41.5 Å². The molecule has 7 heteroatoms. The van der Waals surface area contributed by atoms with Crippen LogP contribution in [0.2, 0.25) is 0 Å². The molecule has 0 bridgehead atoms. The number of benzene rings is 1. The van der Waals surface area contributed by atoms with Crippen molar-refractivity contribution in [1.29, 1.82) is 0 Å². The number of carbonyl (C=O) groups is 1. The van der Waals surface area contributed by atoms with Gasteiger partial charge in [-0.25, -0.2) is 4.79 Å². The summed E-state index contributed by atoms with van der Waals surface area (Å²) >= 11 is 0. The van der Waals surface area contributed by atoms with Crippen molar-refractivity contribution in [2.24, 2.45) is 4.99 Å². The highest BCUT2D eigenvalue weighted by atomic mass is 127. The quantitative estimate of drug-likeness (QED) is 0.313. The van der Waals surface area contributed by atoms with E-state index in [4.69, 9.17) is 9.15 Å². The van der Waals surface area contributed by atoms with Gasteiger partial charge in [-0.2, -0.15) is 0 Å². The third-order valence-corrected chi connectivity index (χ3v) is 3.91. The maximum atomic E-state index is 11.6. The van der Waals surface area contributed by atoms with E-state index in [1.165, 1.54) is 18.2 Å². The van der Waals surface area contributed by atoms with Crippen LogP contribution in [-0.4, -0.2) is 38.0 Å². The largest absolute Gasteiger partial charge is 0.465 e. The summed E-state index contributed by atoms with van der Waals surface area (Å²) < 4.78 is 10.3. The molecule has 1 heterocycles. The van der Waals surface area contributed by atoms with Gasteiger partial charge in [0, 0.05) is 20.6 Å². The average Bonchev–Trinajstić information content (AvgIpc) is 2.97. The van der Waals surface area contributed by atoms with Crippen molar-refractivity contribution in [3.8, 4) is 0 Å². The summed E-state index contributed by atoms with van der Waals surface area (Å²) in [7, 11) is 5.07. The van der Waals surface area contributed by atoms with Crippen molar-refractivity contribution in [2.75, 3.05) is 21.2 Å². The van der Waals surface area contributed by atoms with E-state index in [9.17, 15) is 4.79 Å². The Balaban J connectivity index is 0.00000338. The molecule has 142 valence electrons. The second-order valence-electron chi connectivity index (χ2n) is 5.92. The van der Waals surface area contributed by atoms with Gasteiger partial charge in [0.1, 0.15) is 17.1 Å². The highest BCUT2D eigenvalue weighted by Crippen LogP contribution is 2.15. The summed E-state index contributed by atoms with van der Waals surface area (Å²) in [6.07, 6.45) is 0. The van der Waals surface area contributed by atoms with E-state index in [-0.39, 0.29) is 24.0 Å². The number of ether oxygens (including phenoxy) is 1. The van der Waals surface area contributed by atoms with Gasteiger partial charge in [-0.3, -0.25) is 4.99 Å². The Labute approximate surface area is 171 Å². The fraction of sp³-hybridized carbons (Fsp3) is 0.368. The lowest BCUT2D eigenvalue weighted by Gasteiger charge is -2.22. The van der Waals surface area contributed by atoms with E-state index >= 15 is 0 Å². The van der Waals surface area contributed by atoms with Crippen molar-refractivity contribution >= 4 is 35.9 Å². The van der Waals surface area contributed by atoms with E-state index in [0.29, 0.717) is 23.6 Å². The van der Waals surface area contributed by atoms with Gasteiger partial charge in [-0.05, 0) is 25.5 Å². The van der Waals surface area contributed by atoms with Crippen LogP contribution in [0, 0.1) is 13.8 Å². The third kappa shape index (κ3) is 5.76. The number of rotatable bonds is 5. The molecule has 2 rings (SSSR count). The molecule has 26 heavy (non-hydrogen) atoms. The first kappa shape index (κ1) is 22.0. The van der Waals surface area contributed by atoms with Crippen LogP contribution in [0.25, 0.3) is 0 Å². The number of guanidine groups is 1. The monoisotopic (exact) mass is 471 g/mol. The minimum atomic E-state index is -0.395. The Morgan fingerprint density at radius 3 is 2.50 bits per heavy atom. The van der Waals surface area contributed by atoms with Crippen molar-refractivity contribution < 1.29 is 13.9 Å². The third-order valence-electron chi connectivity index (χ3n) is 3.91. The van der Waals surface area contributed by atoms with Gasteiger partial charge in [0.2, 0.25) is 0 Å². The summed E-state index contributed by atoms with van der Waals surface area (Å²) in [5.41, 5.74) is 2.89. The maximum Gasteiger partial charge on any atom is 0.341 e. The summed E-state index contributed by atoms with van der Waals surface area (Å²) in [5.74, 6) is 1.55. The number of aliphatic imine (C=N–C) groups is 1. The Bertz CT molecular complexity index is 754. The summed E-state index contributed by atoms with van der Waals surface area (Å²) in [6.45, 7) is 4.99. The van der Waals surface area contributed by atoms with Crippen LogP contribution >= 0.6 is 24.0 Å². The number of esters is 1. The lowest BCUT2D eigenvalue weighted by atomic mass is 10.1. The number of nitrogens with one attached hydrogen (secondary N) is 1. The molecule has 0 saturated heterocycles.